The van der Waals surface area contributed by atoms with Crippen LogP contribution in [0.3, 0.4) is 0 Å². The number of anilines is 1. The molecule has 0 aliphatic rings. The summed E-state index contributed by atoms with van der Waals surface area (Å²) < 4.78 is 13.5. The minimum atomic E-state index is -0.477. The number of hydrogen-bond acceptors (Lipinski definition) is 2. The van der Waals surface area contributed by atoms with E-state index in [4.69, 9.17) is 11.6 Å². The van der Waals surface area contributed by atoms with Gasteiger partial charge in [-0.1, -0.05) is 23.7 Å². The van der Waals surface area contributed by atoms with Gasteiger partial charge in [0.2, 0.25) is 5.91 Å². The fourth-order valence-electron chi connectivity index (χ4n) is 1.61. The molecular formula is C15H12ClFN2O. The van der Waals surface area contributed by atoms with Crippen LogP contribution in [-0.4, -0.2) is 10.9 Å². The van der Waals surface area contributed by atoms with Crippen molar-refractivity contribution in [3.63, 3.8) is 0 Å². The molecule has 2 rings (SSSR count). The molecule has 0 aliphatic carbocycles. The van der Waals surface area contributed by atoms with E-state index in [0.717, 1.165) is 5.69 Å². The van der Waals surface area contributed by atoms with Gasteiger partial charge in [-0.25, -0.2) is 9.37 Å². The normalized spacial score (nSPS) is 10.8. The van der Waals surface area contributed by atoms with E-state index < -0.39 is 11.7 Å². The molecule has 0 fully saturated rings. The average molecular weight is 291 g/mol. The zero-order chi connectivity index (χ0) is 14.5. The number of halogens is 2. The Kier molecular flexibility index (Phi) is 4.48. The Labute approximate surface area is 121 Å². The van der Waals surface area contributed by atoms with Gasteiger partial charge < -0.3 is 5.32 Å². The Balaban J connectivity index is 2.10. The van der Waals surface area contributed by atoms with Crippen LogP contribution in [0.15, 0.2) is 42.5 Å². The molecular weight excluding hydrogens is 279 g/mol. The van der Waals surface area contributed by atoms with Gasteiger partial charge in [-0.15, -0.1) is 0 Å². The van der Waals surface area contributed by atoms with Gasteiger partial charge in [0.25, 0.3) is 0 Å². The quantitative estimate of drug-likeness (QED) is 0.873. The highest BCUT2D eigenvalue weighted by molar-refractivity contribution is 6.32. The van der Waals surface area contributed by atoms with Crippen molar-refractivity contribution in [3.8, 4) is 0 Å². The van der Waals surface area contributed by atoms with E-state index in [1.807, 2.05) is 13.0 Å². The second-order valence-electron chi connectivity index (χ2n) is 4.12. The first-order chi connectivity index (χ1) is 9.56. The zero-order valence-corrected chi connectivity index (χ0v) is 11.5. The molecule has 1 aromatic carbocycles. The van der Waals surface area contributed by atoms with Crippen LogP contribution >= 0.6 is 11.6 Å². The smallest absolute Gasteiger partial charge is 0.249 e. The summed E-state index contributed by atoms with van der Waals surface area (Å²) in [7, 11) is 0. The lowest BCUT2D eigenvalue weighted by molar-refractivity contribution is -0.111. The maximum absolute atomic E-state index is 13.5. The Bertz CT molecular complexity index is 650. The molecule has 20 heavy (non-hydrogen) atoms. The van der Waals surface area contributed by atoms with Crippen LogP contribution in [0.1, 0.15) is 11.3 Å². The number of hydrogen-bond donors (Lipinski definition) is 1. The summed E-state index contributed by atoms with van der Waals surface area (Å²) in [6, 6.07) is 9.64. The number of aromatic nitrogens is 1. The molecule has 0 unspecified atom stereocenters. The predicted octanol–water partition coefficient (Wildman–Crippen LogP) is 3.83. The van der Waals surface area contributed by atoms with Gasteiger partial charge >= 0.3 is 0 Å². The first kappa shape index (κ1) is 14.2. The molecule has 0 spiro atoms. The van der Waals surface area contributed by atoms with E-state index in [0.29, 0.717) is 5.82 Å². The van der Waals surface area contributed by atoms with E-state index in [1.165, 1.54) is 24.3 Å². The summed E-state index contributed by atoms with van der Waals surface area (Å²) in [5.41, 5.74) is 0.977. The van der Waals surface area contributed by atoms with Crippen molar-refractivity contribution >= 4 is 29.4 Å². The molecule has 0 radical (unpaired) electrons. The molecule has 0 bridgehead atoms. The number of benzene rings is 1. The Hall–Kier alpha value is -2.20. The molecule has 3 nitrogen and oxygen atoms in total. The standard InChI is InChI=1S/C15H12ClFN2O/c1-10-4-2-7-14(18-10)19-15(20)9-8-11-12(16)5-3-6-13(11)17/h2-9H,1H3,(H,18,19,20). The third-order valence-electron chi connectivity index (χ3n) is 2.54. The SMILES string of the molecule is Cc1cccc(NC(=O)C=Cc2c(F)cccc2Cl)n1. The van der Waals surface area contributed by atoms with Gasteiger partial charge in [-0.05, 0) is 37.3 Å². The van der Waals surface area contributed by atoms with Gasteiger partial charge in [0.15, 0.2) is 0 Å². The highest BCUT2D eigenvalue weighted by Gasteiger charge is 2.04. The minimum Gasteiger partial charge on any atom is -0.307 e. The third-order valence-corrected chi connectivity index (χ3v) is 2.87. The van der Waals surface area contributed by atoms with Gasteiger partial charge in [0, 0.05) is 17.3 Å². The van der Waals surface area contributed by atoms with Gasteiger partial charge in [0.05, 0.1) is 5.02 Å². The monoisotopic (exact) mass is 290 g/mol. The molecule has 0 saturated heterocycles. The van der Waals surface area contributed by atoms with E-state index in [1.54, 1.807) is 18.2 Å². The number of aryl methyl sites for hydroxylation is 1. The van der Waals surface area contributed by atoms with Crippen molar-refractivity contribution in [2.75, 3.05) is 5.32 Å². The predicted molar refractivity (Wildman–Crippen MR) is 78.0 cm³/mol. The molecule has 1 heterocycles. The first-order valence-electron chi connectivity index (χ1n) is 5.93. The van der Waals surface area contributed by atoms with E-state index in [9.17, 15) is 9.18 Å². The van der Waals surface area contributed by atoms with Gasteiger partial charge in [0.1, 0.15) is 11.6 Å². The lowest BCUT2D eigenvalue weighted by atomic mass is 10.2. The fraction of sp³-hybridized carbons (Fsp3) is 0.0667. The number of carbonyl (C=O) groups excluding carboxylic acids is 1. The number of nitrogens with zero attached hydrogens (tertiary/aromatic N) is 1. The topological polar surface area (TPSA) is 42.0 Å². The van der Waals surface area contributed by atoms with Crippen LogP contribution in [-0.2, 0) is 4.79 Å². The van der Waals surface area contributed by atoms with Crippen molar-refractivity contribution in [2.24, 2.45) is 0 Å². The number of nitrogens with one attached hydrogen (secondary N) is 1. The number of amides is 1. The lowest BCUT2D eigenvalue weighted by Gasteiger charge is -2.02. The Morgan fingerprint density at radius 3 is 2.75 bits per heavy atom. The summed E-state index contributed by atoms with van der Waals surface area (Å²) in [6.07, 6.45) is 2.55. The fourth-order valence-corrected chi connectivity index (χ4v) is 1.84. The van der Waals surface area contributed by atoms with Crippen LogP contribution in [0.5, 0.6) is 0 Å². The first-order valence-corrected chi connectivity index (χ1v) is 6.31. The van der Waals surface area contributed by atoms with E-state index in [2.05, 4.69) is 10.3 Å². The summed E-state index contributed by atoms with van der Waals surface area (Å²) in [4.78, 5) is 15.9. The molecule has 102 valence electrons. The number of pyridine rings is 1. The van der Waals surface area contributed by atoms with Crippen molar-refractivity contribution in [3.05, 3.63) is 64.6 Å². The number of carbonyl (C=O) groups is 1. The highest BCUT2D eigenvalue weighted by Crippen LogP contribution is 2.20. The summed E-state index contributed by atoms with van der Waals surface area (Å²) >= 11 is 5.86. The van der Waals surface area contributed by atoms with Crippen LogP contribution < -0.4 is 5.32 Å². The second kappa shape index (κ2) is 6.30. The molecule has 5 heteroatoms. The minimum absolute atomic E-state index is 0.182. The second-order valence-corrected chi connectivity index (χ2v) is 4.53. The molecule has 0 atom stereocenters. The molecule has 1 aromatic heterocycles. The zero-order valence-electron chi connectivity index (χ0n) is 10.7. The van der Waals surface area contributed by atoms with Gasteiger partial charge in [-0.2, -0.15) is 0 Å². The number of rotatable bonds is 3. The summed E-state index contributed by atoms with van der Waals surface area (Å²) in [5, 5.41) is 2.84. The average Bonchev–Trinajstić information content (AvgIpc) is 2.38. The molecule has 2 aromatic rings. The third kappa shape index (κ3) is 3.65. The molecule has 0 aliphatic heterocycles. The van der Waals surface area contributed by atoms with Crippen LogP contribution in [0.4, 0.5) is 10.2 Å². The van der Waals surface area contributed by atoms with E-state index in [-0.39, 0.29) is 10.6 Å². The lowest BCUT2D eigenvalue weighted by Crippen LogP contribution is -2.09. The van der Waals surface area contributed by atoms with Crippen molar-refractivity contribution < 1.29 is 9.18 Å². The van der Waals surface area contributed by atoms with Gasteiger partial charge in [-0.3, -0.25) is 4.79 Å². The summed E-state index contributed by atoms with van der Waals surface area (Å²) in [6.45, 7) is 1.82. The van der Waals surface area contributed by atoms with E-state index >= 15 is 0 Å². The molecule has 1 amide bonds. The Morgan fingerprint density at radius 1 is 1.30 bits per heavy atom. The maximum atomic E-state index is 13.5. The highest BCUT2D eigenvalue weighted by atomic mass is 35.5. The maximum Gasteiger partial charge on any atom is 0.249 e. The van der Waals surface area contributed by atoms with Crippen LogP contribution in [0.25, 0.3) is 6.08 Å². The molecule has 0 saturated carbocycles. The Morgan fingerprint density at radius 2 is 2.05 bits per heavy atom. The van der Waals surface area contributed by atoms with Crippen LogP contribution in [0.2, 0.25) is 5.02 Å². The largest absolute Gasteiger partial charge is 0.307 e. The molecule has 1 N–H and O–H groups in total. The van der Waals surface area contributed by atoms with Crippen molar-refractivity contribution in [1.82, 2.24) is 4.98 Å². The summed E-state index contributed by atoms with van der Waals surface area (Å²) in [5.74, 6) is -0.433. The van der Waals surface area contributed by atoms with Crippen LogP contribution in [0, 0.1) is 12.7 Å². The van der Waals surface area contributed by atoms with Crippen molar-refractivity contribution in [2.45, 2.75) is 6.92 Å². The van der Waals surface area contributed by atoms with Crippen molar-refractivity contribution in [1.29, 1.82) is 0 Å².